The fourth-order valence-electron chi connectivity index (χ4n) is 6.15. The summed E-state index contributed by atoms with van der Waals surface area (Å²) in [6.07, 6.45) is -4.24. The number of nitrogens with one attached hydrogen (secondary N) is 2. The summed E-state index contributed by atoms with van der Waals surface area (Å²) in [5.41, 5.74) is 0.957. The van der Waals surface area contributed by atoms with Crippen molar-refractivity contribution in [1.82, 2.24) is 20.2 Å². The van der Waals surface area contributed by atoms with Gasteiger partial charge in [-0.2, -0.15) is 13.2 Å². The van der Waals surface area contributed by atoms with Gasteiger partial charge in [0.15, 0.2) is 0 Å². The monoisotopic (exact) mass is 554 g/mol. The van der Waals surface area contributed by atoms with Gasteiger partial charge in [0.25, 0.3) is 0 Å². The SMILES string of the molecule is CC(C)NC[C@H](c1ccc(Cl)cc1)C(O)N1C2CCC1CN(c1ncnc3c1[C@@H](C(F)(F)F)CC(O)N3)C2. The summed E-state index contributed by atoms with van der Waals surface area (Å²) in [4.78, 5) is 12.3. The third-order valence-corrected chi connectivity index (χ3v) is 8.17. The number of alkyl halides is 3. The van der Waals surface area contributed by atoms with E-state index < -0.39 is 31.0 Å². The van der Waals surface area contributed by atoms with Crippen LogP contribution in [0.25, 0.3) is 0 Å². The molecule has 0 aliphatic carbocycles. The van der Waals surface area contributed by atoms with Gasteiger partial charge in [-0.15, -0.1) is 0 Å². The lowest BCUT2D eigenvalue weighted by Gasteiger charge is -2.46. The molecule has 2 bridgehead atoms. The van der Waals surface area contributed by atoms with Gasteiger partial charge >= 0.3 is 6.18 Å². The van der Waals surface area contributed by atoms with Crippen LogP contribution in [0, 0.1) is 0 Å². The Kier molecular flexibility index (Phi) is 7.76. The molecule has 0 saturated carbocycles. The number of rotatable bonds is 7. The molecule has 2 saturated heterocycles. The van der Waals surface area contributed by atoms with E-state index in [1.165, 1.54) is 6.33 Å². The van der Waals surface area contributed by atoms with Crippen LogP contribution in [-0.2, 0) is 0 Å². The van der Waals surface area contributed by atoms with E-state index in [1.807, 2.05) is 29.2 Å². The highest BCUT2D eigenvalue weighted by molar-refractivity contribution is 6.30. The largest absolute Gasteiger partial charge is 0.396 e. The molecule has 4 heterocycles. The van der Waals surface area contributed by atoms with Crippen LogP contribution in [0.3, 0.4) is 0 Å². The first-order valence-electron chi connectivity index (χ1n) is 13.1. The number of piperazine rings is 1. The lowest BCUT2D eigenvalue weighted by atomic mass is 9.91. The normalized spacial score (nSPS) is 27.2. The fourth-order valence-corrected chi connectivity index (χ4v) is 6.27. The molecule has 208 valence electrons. The number of aromatic nitrogens is 2. The Morgan fingerprint density at radius 2 is 1.79 bits per heavy atom. The maximum absolute atomic E-state index is 14.0. The van der Waals surface area contributed by atoms with E-state index in [0.717, 1.165) is 18.4 Å². The van der Waals surface area contributed by atoms with E-state index in [2.05, 4.69) is 39.3 Å². The number of benzene rings is 1. The van der Waals surface area contributed by atoms with Gasteiger partial charge in [0.05, 0.1) is 5.92 Å². The van der Waals surface area contributed by atoms with Crippen molar-refractivity contribution in [2.75, 3.05) is 29.9 Å². The van der Waals surface area contributed by atoms with Crippen molar-refractivity contribution in [3.63, 3.8) is 0 Å². The highest BCUT2D eigenvalue weighted by Crippen LogP contribution is 2.48. The second-order valence-electron chi connectivity index (χ2n) is 10.8. The summed E-state index contributed by atoms with van der Waals surface area (Å²) in [5.74, 6) is -1.80. The summed E-state index contributed by atoms with van der Waals surface area (Å²) in [7, 11) is 0. The Morgan fingerprint density at radius 3 is 2.39 bits per heavy atom. The van der Waals surface area contributed by atoms with Gasteiger partial charge in [-0.25, -0.2) is 9.97 Å². The van der Waals surface area contributed by atoms with Crippen LogP contribution in [0.5, 0.6) is 0 Å². The molecule has 5 rings (SSSR count). The zero-order valence-corrected chi connectivity index (χ0v) is 22.1. The second kappa shape index (κ2) is 10.8. The molecule has 0 spiro atoms. The number of hydrogen-bond acceptors (Lipinski definition) is 8. The maximum Gasteiger partial charge on any atom is 0.396 e. The molecule has 4 N–H and O–H groups in total. The first kappa shape index (κ1) is 27.4. The molecule has 0 radical (unpaired) electrons. The molecule has 12 heteroatoms. The lowest BCUT2D eigenvalue weighted by Crippen LogP contribution is -2.59. The number of aliphatic hydroxyl groups excluding tert-OH is 2. The molecule has 1 aromatic heterocycles. The average Bonchev–Trinajstić information content (AvgIpc) is 3.12. The van der Waals surface area contributed by atoms with Crippen LogP contribution in [0.15, 0.2) is 30.6 Å². The van der Waals surface area contributed by atoms with Crippen molar-refractivity contribution in [2.24, 2.45) is 0 Å². The summed E-state index contributed by atoms with van der Waals surface area (Å²) >= 11 is 6.11. The van der Waals surface area contributed by atoms with Crippen molar-refractivity contribution < 1.29 is 23.4 Å². The minimum atomic E-state index is -4.54. The molecule has 38 heavy (non-hydrogen) atoms. The summed E-state index contributed by atoms with van der Waals surface area (Å²) < 4.78 is 42.0. The van der Waals surface area contributed by atoms with Crippen molar-refractivity contribution in [2.45, 2.75) is 81.7 Å². The van der Waals surface area contributed by atoms with Gasteiger partial charge in [-0.1, -0.05) is 37.6 Å². The highest BCUT2D eigenvalue weighted by Gasteiger charge is 2.50. The maximum atomic E-state index is 14.0. The predicted molar refractivity (Wildman–Crippen MR) is 139 cm³/mol. The average molecular weight is 555 g/mol. The van der Waals surface area contributed by atoms with Crippen LogP contribution in [-0.4, -0.2) is 81.5 Å². The van der Waals surface area contributed by atoms with Gasteiger partial charge in [0.1, 0.15) is 30.4 Å². The van der Waals surface area contributed by atoms with E-state index in [9.17, 15) is 23.4 Å². The van der Waals surface area contributed by atoms with Crippen LogP contribution < -0.4 is 15.5 Å². The van der Waals surface area contributed by atoms with Crippen molar-refractivity contribution in [3.05, 3.63) is 46.7 Å². The topological polar surface area (TPSA) is 96.8 Å². The number of fused-ring (bicyclic) bond motifs is 3. The van der Waals surface area contributed by atoms with E-state index in [-0.39, 0.29) is 41.2 Å². The first-order valence-corrected chi connectivity index (χ1v) is 13.5. The van der Waals surface area contributed by atoms with Crippen LogP contribution in [0.1, 0.15) is 56.1 Å². The van der Waals surface area contributed by atoms with Gasteiger partial charge in [0.2, 0.25) is 0 Å². The van der Waals surface area contributed by atoms with Crippen molar-refractivity contribution in [3.8, 4) is 0 Å². The minimum absolute atomic E-state index is 0.0149. The smallest absolute Gasteiger partial charge is 0.378 e. The standard InChI is InChI=1S/C26H34ClF3N6O2/c1-14(2)31-10-19(15-3-5-16(27)6-4-15)25(38)36-17-7-8-18(36)12-35(11-17)24-22-20(26(28,29)30)9-21(37)34-23(22)32-13-33-24/h3-6,13-14,17-21,25,31,37-38H,7-12H2,1-2H3,(H,32,33,34)/t17?,18?,19-,20+,21?,25?/m1/s1. The fraction of sp³-hybridized carbons (Fsp3) is 0.615. The molecular weight excluding hydrogens is 521 g/mol. The predicted octanol–water partition coefficient (Wildman–Crippen LogP) is 3.66. The van der Waals surface area contributed by atoms with Gasteiger partial charge < -0.3 is 25.7 Å². The van der Waals surface area contributed by atoms with E-state index in [4.69, 9.17) is 11.6 Å². The Balaban J connectivity index is 1.41. The second-order valence-corrected chi connectivity index (χ2v) is 11.3. The van der Waals surface area contributed by atoms with E-state index in [0.29, 0.717) is 24.7 Å². The minimum Gasteiger partial charge on any atom is -0.378 e. The number of aliphatic hydroxyl groups is 2. The molecule has 3 aliphatic rings. The molecule has 3 aliphatic heterocycles. The summed E-state index contributed by atoms with van der Waals surface area (Å²) in [6, 6.07) is 7.65. The van der Waals surface area contributed by atoms with Crippen LogP contribution in [0.4, 0.5) is 24.8 Å². The Bertz CT molecular complexity index is 1110. The third-order valence-electron chi connectivity index (χ3n) is 7.92. The molecular formula is C26H34ClF3N6O2. The Labute approximate surface area is 225 Å². The quantitative estimate of drug-likeness (QED) is 0.412. The number of halogens is 4. The number of hydrogen-bond donors (Lipinski definition) is 4. The summed E-state index contributed by atoms with van der Waals surface area (Å²) in [6.45, 7) is 5.56. The Hall–Kier alpha value is -2.18. The van der Waals surface area contributed by atoms with Crippen molar-refractivity contribution in [1.29, 1.82) is 0 Å². The molecule has 8 nitrogen and oxygen atoms in total. The highest BCUT2D eigenvalue weighted by atomic mass is 35.5. The van der Waals surface area contributed by atoms with Crippen LogP contribution >= 0.6 is 11.6 Å². The summed E-state index contributed by atoms with van der Waals surface area (Å²) in [5, 5.41) is 28.4. The first-order chi connectivity index (χ1) is 18.0. The zero-order valence-electron chi connectivity index (χ0n) is 21.4. The van der Waals surface area contributed by atoms with E-state index in [1.54, 1.807) is 0 Å². The molecule has 4 unspecified atom stereocenters. The van der Waals surface area contributed by atoms with Gasteiger partial charge in [-0.05, 0) is 30.5 Å². The van der Waals surface area contributed by atoms with Crippen LogP contribution in [0.2, 0.25) is 5.02 Å². The Morgan fingerprint density at radius 1 is 1.13 bits per heavy atom. The molecule has 1 aromatic carbocycles. The number of anilines is 2. The van der Waals surface area contributed by atoms with Gasteiger partial charge in [-0.3, -0.25) is 4.90 Å². The molecule has 0 amide bonds. The van der Waals surface area contributed by atoms with Gasteiger partial charge in [0, 0.05) is 60.7 Å². The third kappa shape index (κ3) is 5.44. The molecule has 2 aromatic rings. The number of nitrogens with zero attached hydrogens (tertiary/aromatic N) is 4. The molecule has 6 atom stereocenters. The van der Waals surface area contributed by atoms with Crippen molar-refractivity contribution >= 4 is 23.2 Å². The zero-order chi connectivity index (χ0) is 27.2. The molecule has 2 fully saturated rings. The van der Waals surface area contributed by atoms with E-state index >= 15 is 0 Å². The lowest BCUT2D eigenvalue weighted by molar-refractivity contribution is -0.157.